The summed E-state index contributed by atoms with van der Waals surface area (Å²) in [6, 6.07) is 0. The lowest BCUT2D eigenvalue weighted by atomic mass is 9.62. The zero-order valence-electron chi connectivity index (χ0n) is 9.27. The molecule has 13 heavy (non-hydrogen) atoms. The minimum absolute atomic E-state index is 0.157. The van der Waals surface area contributed by atoms with Crippen LogP contribution in [-0.4, -0.2) is 5.54 Å². The molecule has 0 radical (unpaired) electrons. The Labute approximate surface area is 82.1 Å². The van der Waals surface area contributed by atoms with Crippen LogP contribution in [0.3, 0.4) is 0 Å². The van der Waals surface area contributed by atoms with Gasteiger partial charge in [0.15, 0.2) is 0 Å². The monoisotopic (exact) mass is 181 g/mol. The molecule has 2 aliphatic carbocycles. The highest BCUT2D eigenvalue weighted by Gasteiger charge is 2.59. The highest BCUT2D eigenvalue weighted by atomic mass is 14.9. The molecular formula is C12H23N. The molecule has 3 unspecified atom stereocenters. The molecule has 1 nitrogen and oxygen atoms in total. The molecule has 2 bridgehead atoms. The van der Waals surface area contributed by atoms with E-state index in [9.17, 15) is 0 Å². The van der Waals surface area contributed by atoms with E-state index in [0.717, 1.165) is 11.8 Å². The Balaban J connectivity index is 2.27. The first-order valence-electron chi connectivity index (χ1n) is 5.81. The Morgan fingerprint density at radius 2 is 1.85 bits per heavy atom. The molecule has 2 fully saturated rings. The predicted molar refractivity (Wildman–Crippen MR) is 56.4 cm³/mol. The van der Waals surface area contributed by atoms with E-state index in [2.05, 4.69) is 20.8 Å². The maximum atomic E-state index is 6.63. The lowest BCUT2D eigenvalue weighted by Gasteiger charge is -2.47. The molecule has 0 aliphatic heterocycles. The van der Waals surface area contributed by atoms with Gasteiger partial charge in [-0.05, 0) is 42.9 Å². The van der Waals surface area contributed by atoms with Crippen LogP contribution < -0.4 is 5.73 Å². The lowest BCUT2D eigenvalue weighted by molar-refractivity contribution is 0.0772. The van der Waals surface area contributed by atoms with Gasteiger partial charge >= 0.3 is 0 Å². The summed E-state index contributed by atoms with van der Waals surface area (Å²) in [7, 11) is 0. The fourth-order valence-electron chi connectivity index (χ4n) is 3.95. The molecule has 0 amide bonds. The van der Waals surface area contributed by atoms with E-state index >= 15 is 0 Å². The highest BCUT2D eigenvalue weighted by Crippen LogP contribution is 2.61. The zero-order chi connectivity index (χ0) is 9.69. The first-order valence-corrected chi connectivity index (χ1v) is 5.81. The van der Waals surface area contributed by atoms with Crippen LogP contribution in [0.5, 0.6) is 0 Å². The van der Waals surface area contributed by atoms with Gasteiger partial charge in [0.05, 0.1) is 0 Å². The largest absolute Gasteiger partial charge is 0.324 e. The van der Waals surface area contributed by atoms with Crippen LogP contribution in [0.25, 0.3) is 0 Å². The summed E-state index contributed by atoms with van der Waals surface area (Å²) in [6.07, 6.45) is 6.69. The maximum absolute atomic E-state index is 6.63. The number of hydrogen-bond donors (Lipinski definition) is 1. The van der Waals surface area contributed by atoms with Crippen molar-refractivity contribution in [2.45, 2.75) is 58.4 Å². The molecule has 1 heteroatoms. The third kappa shape index (κ3) is 1.03. The molecule has 2 saturated carbocycles. The van der Waals surface area contributed by atoms with Crippen molar-refractivity contribution < 1.29 is 0 Å². The third-order valence-corrected chi connectivity index (χ3v) is 5.05. The van der Waals surface area contributed by atoms with Gasteiger partial charge in [0, 0.05) is 5.54 Å². The number of nitrogens with two attached hydrogens (primary N) is 1. The fraction of sp³-hybridized carbons (Fsp3) is 1.00. The zero-order valence-corrected chi connectivity index (χ0v) is 9.27. The Morgan fingerprint density at radius 1 is 1.23 bits per heavy atom. The first-order chi connectivity index (χ1) is 6.02. The summed E-state index contributed by atoms with van der Waals surface area (Å²) in [5, 5.41) is 0. The summed E-state index contributed by atoms with van der Waals surface area (Å²) < 4.78 is 0. The average Bonchev–Trinajstić information content (AvgIpc) is 2.56. The molecule has 0 aromatic rings. The van der Waals surface area contributed by atoms with Crippen molar-refractivity contribution in [2.75, 3.05) is 0 Å². The Morgan fingerprint density at radius 3 is 2.31 bits per heavy atom. The highest BCUT2D eigenvalue weighted by molar-refractivity contribution is 5.14. The SMILES string of the molecule is CCCC1(N)C2CCC(C2)C1(C)C. The van der Waals surface area contributed by atoms with Crippen LogP contribution in [0.1, 0.15) is 52.9 Å². The van der Waals surface area contributed by atoms with Gasteiger partial charge in [-0.1, -0.05) is 27.2 Å². The molecule has 76 valence electrons. The molecule has 0 aromatic carbocycles. The number of fused-ring (bicyclic) bond motifs is 2. The molecule has 0 heterocycles. The van der Waals surface area contributed by atoms with Gasteiger partial charge in [0.1, 0.15) is 0 Å². The van der Waals surface area contributed by atoms with Crippen molar-refractivity contribution in [3.05, 3.63) is 0 Å². The van der Waals surface area contributed by atoms with Gasteiger partial charge in [-0.3, -0.25) is 0 Å². The molecule has 2 aliphatic rings. The van der Waals surface area contributed by atoms with Gasteiger partial charge in [-0.25, -0.2) is 0 Å². The van der Waals surface area contributed by atoms with Crippen molar-refractivity contribution in [2.24, 2.45) is 23.0 Å². The van der Waals surface area contributed by atoms with E-state index in [1.54, 1.807) is 0 Å². The first kappa shape index (κ1) is 9.51. The summed E-state index contributed by atoms with van der Waals surface area (Å²) in [5.74, 6) is 1.74. The maximum Gasteiger partial charge on any atom is 0.0237 e. The van der Waals surface area contributed by atoms with Crippen LogP contribution >= 0.6 is 0 Å². The third-order valence-electron chi connectivity index (χ3n) is 5.05. The lowest BCUT2D eigenvalue weighted by Crippen LogP contribution is -2.56. The second-order valence-corrected chi connectivity index (χ2v) is 5.72. The molecule has 3 atom stereocenters. The molecular weight excluding hydrogens is 158 g/mol. The quantitative estimate of drug-likeness (QED) is 0.696. The van der Waals surface area contributed by atoms with E-state index in [1.807, 2.05) is 0 Å². The van der Waals surface area contributed by atoms with Gasteiger partial charge in [-0.15, -0.1) is 0 Å². The summed E-state index contributed by atoms with van der Waals surface area (Å²) >= 11 is 0. The van der Waals surface area contributed by atoms with Gasteiger partial charge in [0.2, 0.25) is 0 Å². The van der Waals surface area contributed by atoms with Crippen LogP contribution in [0.4, 0.5) is 0 Å². The van der Waals surface area contributed by atoms with Crippen LogP contribution in [0.15, 0.2) is 0 Å². The van der Waals surface area contributed by atoms with Gasteiger partial charge in [-0.2, -0.15) is 0 Å². The topological polar surface area (TPSA) is 26.0 Å². The summed E-state index contributed by atoms with van der Waals surface area (Å²) in [4.78, 5) is 0. The average molecular weight is 181 g/mol. The van der Waals surface area contributed by atoms with E-state index in [4.69, 9.17) is 5.73 Å². The van der Waals surface area contributed by atoms with Crippen molar-refractivity contribution in [1.29, 1.82) is 0 Å². The van der Waals surface area contributed by atoms with Gasteiger partial charge < -0.3 is 5.73 Å². The molecule has 0 aromatic heterocycles. The molecule has 0 spiro atoms. The number of hydrogen-bond acceptors (Lipinski definition) is 1. The summed E-state index contributed by atoms with van der Waals surface area (Å²) in [6.45, 7) is 7.05. The standard InChI is InChI=1S/C12H23N/c1-4-7-12(13)10-6-5-9(8-10)11(12,2)3/h9-10H,4-8,13H2,1-3H3. The van der Waals surface area contributed by atoms with Crippen molar-refractivity contribution in [3.63, 3.8) is 0 Å². The predicted octanol–water partition coefficient (Wildman–Crippen LogP) is 2.94. The second-order valence-electron chi connectivity index (χ2n) is 5.72. The van der Waals surface area contributed by atoms with E-state index in [-0.39, 0.29) is 5.54 Å². The summed E-state index contributed by atoms with van der Waals surface area (Å²) in [5.41, 5.74) is 7.18. The van der Waals surface area contributed by atoms with E-state index in [0.29, 0.717) is 5.41 Å². The van der Waals surface area contributed by atoms with Gasteiger partial charge in [0.25, 0.3) is 0 Å². The van der Waals surface area contributed by atoms with Crippen molar-refractivity contribution >= 4 is 0 Å². The Bertz CT molecular complexity index is 209. The molecule has 2 rings (SSSR count). The molecule has 0 saturated heterocycles. The van der Waals surface area contributed by atoms with Crippen molar-refractivity contribution in [3.8, 4) is 0 Å². The van der Waals surface area contributed by atoms with Crippen molar-refractivity contribution in [1.82, 2.24) is 0 Å². The van der Waals surface area contributed by atoms with Crippen LogP contribution in [-0.2, 0) is 0 Å². The second kappa shape index (κ2) is 2.73. The van der Waals surface area contributed by atoms with E-state index < -0.39 is 0 Å². The minimum atomic E-state index is 0.157. The smallest absolute Gasteiger partial charge is 0.0237 e. The molecule has 2 N–H and O–H groups in total. The number of rotatable bonds is 2. The minimum Gasteiger partial charge on any atom is -0.324 e. The normalized spacial score (nSPS) is 47.1. The van der Waals surface area contributed by atoms with E-state index in [1.165, 1.54) is 32.1 Å². The Hall–Kier alpha value is -0.0400. The Kier molecular flexibility index (Phi) is 1.99. The van der Waals surface area contributed by atoms with Crippen LogP contribution in [0.2, 0.25) is 0 Å². The van der Waals surface area contributed by atoms with Crippen LogP contribution in [0, 0.1) is 17.3 Å². The fourth-order valence-corrected chi connectivity index (χ4v) is 3.95.